The number of nitrogens with zero attached hydrogens (tertiary/aromatic N) is 1. The molecule has 1 unspecified atom stereocenters. The first-order valence-electron chi connectivity index (χ1n) is 4.18. The van der Waals surface area contributed by atoms with E-state index in [1.54, 1.807) is 0 Å². The van der Waals surface area contributed by atoms with Crippen molar-refractivity contribution in [2.45, 2.75) is 20.3 Å². The van der Waals surface area contributed by atoms with E-state index < -0.39 is 0 Å². The summed E-state index contributed by atoms with van der Waals surface area (Å²) in [6.07, 6.45) is 2.83. The lowest BCUT2D eigenvalue weighted by Crippen LogP contribution is -2.27. The van der Waals surface area contributed by atoms with Gasteiger partial charge in [0.25, 0.3) is 5.91 Å². The van der Waals surface area contributed by atoms with Gasteiger partial charge in [0, 0.05) is 12.3 Å². The minimum Gasteiger partial charge on any atom is -0.329 e. The van der Waals surface area contributed by atoms with Crippen molar-refractivity contribution in [3.8, 4) is 0 Å². The van der Waals surface area contributed by atoms with Crippen molar-refractivity contribution in [3.63, 3.8) is 0 Å². The molecule has 2 N–H and O–H groups in total. The standard InChI is InChI=1S/C9H14N2O/c1-3-7-4-6(2)11-9(12)8(7)5-10/h4,8H,3,5,10H2,1-2H3. The average Bonchev–Trinajstić information content (AvgIpc) is 2.03. The van der Waals surface area contributed by atoms with E-state index in [1.165, 1.54) is 0 Å². The van der Waals surface area contributed by atoms with Crippen LogP contribution in [0.4, 0.5) is 0 Å². The molecule has 0 saturated heterocycles. The van der Waals surface area contributed by atoms with Crippen molar-refractivity contribution in [2.24, 2.45) is 16.6 Å². The van der Waals surface area contributed by atoms with Crippen LogP contribution in [-0.2, 0) is 4.79 Å². The number of rotatable bonds is 2. The molecule has 0 radical (unpaired) electrons. The van der Waals surface area contributed by atoms with Crippen LogP contribution in [0.25, 0.3) is 0 Å². The maximum absolute atomic E-state index is 11.3. The zero-order valence-electron chi connectivity index (χ0n) is 7.50. The summed E-state index contributed by atoms with van der Waals surface area (Å²) in [4.78, 5) is 15.2. The summed E-state index contributed by atoms with van der Waals surface area (Å²) in [6.45, 7) is 4.23. The molecule has 0 bridgehead atoms. The van der Waals surface area contributed by atoms with Crippen molar-refractivity contribution in [1.82, 2.24) is 0 Å². The summed E-state index contributed by atoms with van der Waals surface area (Å²) >= 11 is 0. The summed E-state index contributed by atoms with van der Waals surface area (Å²) in [7, 11) is 0. The number of carbonyl (C=O) groups is 1. The molecule has 1 aliphatic heterocycles. The average molecular weight is 166 g/mol. The maximum Gasteiger partial charge on any atom is 0.254 e. The highest BCUT2D eigenvalue weighted by atomic mass is 16.1. The molecule has 1 heterocycles. The molecular weight excluding hydrogens is 152 g/mol. The molecule has 3 heteroatoms. The Kier molecular flexibility index (Phi) is 2.76. The van der Waals surface area contributed by atoms with Gasteiger partial charge in [-0.3, -0.25) is 4.79 Å². The molecule has 66 valence electrons. The predicted octanol–water partition coefficient (Wildman–Crippen LogP) is 0.899. The van der Waals surface area contributed by atoms with E-state index in [0.717, 1.165) is 17.7 Å². The highest BCUT2D eigenvalue weighted by Gasteiger charge is 2.22. The summed E-state index contributed by atoms with van der Waals surface area (Å²) in [5, 5.41) is 0. The van der Waals surface area contributed by atoms with E-state index in [9.17, 15) is 4.79 Å². The Balaban J connectivity index is 2.92. The van der Waals surface area contributed by atoms with Crippen LogP contribution in [-0.4, -0.2) is 18.2 Å². The lowest BCUT2D eigenvalue weighted by atomic mass is 9.93. The molecule has 1 aliphatic rings. The first-order chi connectivity index (χ1) is 5.69. The normalized spacial score (nSPS) is 23.6. The Morgan fingerprint density at radius 2 is 2.33 bits per heavy atom. The molecular formula is C9H14N2O. The highest BCUT2D eigenvalue weighted by Crippen LogP contribution is 2.19. The van der Waals surface area contributed by atoms with Crippen molar-refractivity contribution in [3.05, 3.63) is 11.6 Å². The van der Waals surface area contributed by atoms with E-state index in [0.29, 0.717) is 6.54 Å². The Morgan fingerprint density at radius 1 is 1.67 bits per heavy atom. The summed E-state index contributed by atoms with van der Waals surface area (Å²) < 4.78 is 0. The summed E-state index contributed by atoms with van der Waals surface area (Å²) in [6, 6.07) is 0. The van der Waals surface area contributed by atoms with Crippen LogP contribution in [0.15, 0.2) is 16.6 Å². The number of nitrogens with two attached hydrogens (primary N) is 1. The zero-order chi connectivity index (χ0) is 9.14. The monoisotopic (exact) mass is 166 g/mol. The number of carbonyl (C=O) groups excluding carboxylic acids is 1. The minimum absolute atomic E-state index is 0.0886. The highest BCUT2D eigenvalue weighted by molar-refractivity contribution is 6.05. The third-order valence-electron chi connectivity index (χ3n) is 2.07. The van der Waals surface area contributed by atoms with Gasteiger partial charge < -0.3 is 5.73 Å². The Labute approximate surface area is 72.4 Å². The van der Waals surface area contributed by atoms with Crippen LogP contribution >= 0.6 is 0 Å². The van der Waals surface area contributed by atoms with Crippen LogP contribution < -0.4 is 5.73 Å². The van der Waals surface area contributed by atoms with Crippen molar-refractivity contribution in [1.29, 1.82) is 0 Å². The largest absolute Gasteiger partial charge is 0.329 e. The lowest BCUT2D eigenvalue weighted by Gasteiger charge is -2.17. The number of hydrogen-bond acceptors (Lipinski definition) is 2. The van der Waals surface area contributed by atoms with E-state index in [2.05, 4.69) is 4.99 Å². The van der Waals surface area contributed by atoms with Crippen LogP contribution in [0.5, 0.6) is 0 Å². The molecule has 0 fully saturated rings. The number of aliphatic imine (C=N–C) groups is 1. The molecule has 12 heavy (non-hydrogen) atoms. The van der Waals surface area contributed by atoms with Gasteiger partial charge in [-0.2, -0.15) is 0 Å². The van der Waals surface area contributed by atoms with Crippen LogP contribution in [0.1, 0.15) is 20.3 Å². The van der Waals surface area contributed by atoms with Crippen molar-refractivity contribution >= 4 is 11.6 Å². The topological polar surface area (TPSA) is 55.5 Å². The van der Waals surface area contributed by atoms with Gasteiger partial charge in [0.15, 0.2) is 0 Å². The number of dihydropyridines is 1. The Hall–Kier alpha value is -0.960. The molecule has 0 aromatic carbocycles. The van der Waals surface area contributed by atoms with Crippen molar-refractivity contribution in [2.75, 3.05) is 6.54 Å². The van der Waals surface area contributed by atoms with Gasteiger partial charge in [0.2, 0.25) is 0 Å². The van der Waals surface area contributed by atoms with Crippen LogP contribution in [0.3, 0.4) is 0 Å². The second-order valence-electron chi connectivity index (χ2n) is 2.95. The van der Waals surface area contributed by atoms with Gasteiger partial charge >= 0.3 is 0 Å². The third-order valence-corrected chi connectivity index (χ3v) is 2.07. The molecule has 3 nitrogen and oxygen atoms in total. The molecule has 1 amide bonds. The van der Waals surface area contributed by atoms with Gasteiger partial charge in [0.05, 0.1) is 5.92 Å². The van der Waals surface area contributed by atoms with Crippen LogP contribution in [0, 0.1) is 5.92 Å². The Morgan fingerprint density at radius 3 is 2.83 bits per heavy atom. The molecule has 1 rings (SSSR count). The predicted molar refractivity (Wildman–Crippen MR) is 49.0 cm³/mol. The van der Waals surface area contributed by atoms with Gasteiger partial charge in [0.1, 0.15) is 0 Å². The second kappa shape index (κ2) is 3.63. The zero-order valence-corrected chi connectivity index (χ0v) is 7.50. The fourth-order valence-electron chi connectivity index (χ4n) is 1.41. The molecule has 0 aromatic heterocycles. The first kappa shape index (κ1) is 9.13. The van der Waals surface area contributed by atoms with E-state index in [4.69, 9.17) is 5.73 Å². The molecule has 0 aromatic rings. The van der Waals surface area contributed by atoms with E-state index in [-0.39, 0.29) is 11.8 Å². The Bertz CT molecular complexity index is 253. The number of amides is 1. The molecule has 0 saturated carbocycles. The minimum atomic E-state index is -0.168. The van der Waals surface area contributed by atoms with E-state index in [1.807, 2.05) is 19.9 Å². The van der Waals surface area contributed by atoms with Crippen LogP contribution in [0.2, 0.25) is 0 Å². The number of hydrogen-bond donors (Lipinski definition) is 1. The summed E-state index contributed by atoms with van der Waals surface area (Å²) in [5.74, 6) is -0.256. The van der Waals surface area contributed by atoms with E-state index >= 15 is 0 Å². The van der Waals surface area contributed by atoms with Gasteiger partial charge in [-0.25, -0.2) is 4.99 Å². The lowest BCUT2D eigenvalue weighted by molar-refractivity contribution is -0.120. The van der Waals surface area contributed by atoms with Crippen molar-refractivity contribution < 1.29 is 4.79 Å². The smallest absolute Gasteiger partial charge is 0.254 e. The molecule has 0 spiro atoms. The van der Waals surface area contributed by atoms with Gasteiger partial charge in [-0.1, -0.05) is 12.5 Å². The molecule has 1 atom stereocenters. The fraction of sp³-hybridized carbons (Fsp3) is 0.556. The van der Waals surface area contributed by atoms with Gasteiger partial charge in [-0.15, -0.1) is 0 Å². The summed E-state index contributed by atoms with van der Waals surface area (Å²) in [5.41, 5.74) is 7.37. The van der Waals surface area contributed by atoms with Gasteiger partial charge in [-0.05, 0) is 19.4 Å². The number of allylic oxidation sites excluding steroid dienone is 1. The fourth-order valence-corrected chi connectivity index (χ4v) is 1.41. The quantitative estimate of drug-likeness (QED) is 0.662. The second-order valence-corrected chi connectivity index (χ2v) is 2.95. The SMILES string of the molecule is CCC1=CC(C)=NC(=O)C1CN. The third kappa shape index (κ3) is 1.61. The first-order valence-corrected chi connectivity index (χ1v) is 4.18. The molecule has 0 aliphatic carbocycles. The maximum atomic E-state index is 11.3.